The summed E-state index contributed by atoms with van der Waals surface area (Å²) in [5, 5.41) is 9.43. The zero-order valence-electron chi connectivity index (χ0n) is 13.6. The minimum Gasteiger partial charge on any atom is -0.481 e. The molecule has 0 amide bonds. The van der Waals surface area contributed by atoms with Crippen LogP contribution in [0, 0.1) is 0 Å². The molecule has 0 unspecified atom stereocenters. The predicted octanol–water partition coefficient (Wildman–Crippen LogP) is 4.77. The van der Waals surface area contributed by atoms with E-state index in [1.54, 1.807) is 0 Å². The summed E-state index contributed by atoms with van der Waals surface area (Å²) in [6, 6.07) is 22.0. The van der Waals surface area contributed by atoms with Crippen molar-refractivity contribution < 1.29 is 9.90 Å². The van der Waals surface area contributed by atoms with E-state index in [-0.39, 0.29) is 6.42 Å². The van der Waals surface area contributed by atoms with Gasteiger partial charge in [-0.25, -0.2) is 9.97 Å². The van der Waals surface area contributed by atoms with E-state index in [0.29, 0.717) is 17.3 Å². The second-order valence-electron chi connectivity index (χ2n) is 5.50. The Kier molecular flexibility index (Phi) is 5.80. The molecule has 1 N–H and O–H groups in total. The number of nitrogens with zero attached hydrogens (tertiary/aromatic N) is 2. The van der Waals surface area contributed by atoms with Crippen LogP contribution in [-0.4, -0.2) is 26.8 Å². The van der Waals surface area contributed by atoms with Gasteiger partial charge >= 0.3 is 5.97 Å². The zero-order valence-corrected chi connectivity index (χ0v) is 14.4. The first kappa shape index (κ1) is 17.2. The first-order valence-corrected chi connectivity index (χ1v) is 9.05. The van der Waals surface area contributed by atoms with Crippen molar-refractivity contribution in [3.05, 3.63) is 66.7 Å². The monoisotopic (exact) mass is 350 g/mol. The van der Waals surface area contributed by atoms with Gasteiger partial charge in [0.05, 0.1) is 11.4 Å². The van der Waals surface area contributed by atoms with Crippen LogP contribution in [0.3, 0.4) is 0 Å². The molecule has 1 heterocycles. The summed E-state index contributed by atoms with van der Waals surface area (Å²) in [5.74, 6) is -0.0942. The smallest absolute Gasteiger partial charge is 0.303 e. The highest BCUT2D eigenvalue weighted by Crippen LogP contribution is 2.27. The van der Waals surface area contributed by atoms with E-state index >= 15 is 0 Å². The Morgan fingerprint density at radius 3 is 1.88 bits per heavy atom. The molecule has 0 atom stereocenters. The van der Waals surface area contributed by atoms with Gasteiger partial charge < -0.3 is 5.11 Å². The van der Waals surface area contributed by atoms with Crippen molar-refractivity contribution in [1.29, 1.82) is 0 Å². The van der Waals surface area contributed by atoms with Gasteiger partial charge in [0.25, 0.3) is 0 Å². The predicted molar refractivity (Wildman–Crippen MR) is 100 cm³/mol. The van der Waals surface area contributed by atoms with E-state index in [4.69, 9.17) is 5.11 Å². The molecule has 5 heteroatoms. The Morgan fingerprint density at radius 2 is 1.40 bits per heavy atom. The maximum absolute atomic E-state index is 10.6. The van der Waals surface area contributed by atoms with Crippen LogP contribution in [0.5, 0.6) is 0 Å². The van der Waals surface area contributed by atoms with Gasteiger partial charge in [0.15, 0.2) is 5.16 Å². The zero-order chi connectivity index (χ0) is 17.5. The highest BCUT2D eigenvalue weighted by molar-refractivity contribution is 7.99. The molecule has 3 rings (SSSR count). The molecule has 0 aliphatic rings. The first-order chi connectivity index (χ1) is 12.2. The maximum atomic E-state index is 10.6. The van der Waals surface area contributed by atoms with E-state index in [9.17, 15) is 4.79 Å². The third-order valence-corrected chi connectivity index (χ3v) is 4.54. The molecular formula is C20H18N2O2S. The fourth-order valence-electron chi connectivity index (χ4n) is 2.39. The number of rotatable bonds is 7. The molecule has 3 aromatic rings. The van der Waals surface area contributed by atoms with Crippen LogP contribution in [0.25, 0.3) is 22.5 Å². The van der Waals surface area contributed by atoms with E-state index in [0.717, 1.165) is 22.5 Å². The molecule has 0 bridgehead atoms. The Bertz CT molecular complexity index is 781. The second kappa shape index (κ2) is 8.44. The number of carboxylic acid groups (broad SMARTS) is 1. The maximum Gasteiger partial charge on any atom is 0.303 e. The topological polar surface area (TPSA) is 63.1 Å². The summed E-state index contributed by atoms with van der Waals surface area (Å²) in [6.07, 6.45) is 0.760. The highest BCUT2D eigenvalue weighted by Gasteiger charge is 2.09. The molecule has 4 nitrogen and oxygen atoms in total. The summed E-state index contributed by atoms with van der Waals surface area (Å²) >= 11 is 1.49. The average Bonchev–Trinajstić information content (AvgIpc) is 2.66. The Labute approximate surface area is 151 Å². The number of hydrogen-bond acceptors (Lipinski definition) is 4. The molecule has 25 heavy (non-hydrogen) atoms. The van der Waals surface area contributed by atoms with Crippen LogP contribution in [0.1, 0.15) is 12.8 Å². The fraction of sp³-hybridized carbons (Fsp3) is 0.150. The molecule has 126 valence electrons. The van der Waals surface area contributed by atoms with Crippen LogP contribution in [0.15, 0.2) is 71.9 Å². The van der Waals surface area contributed by atoms with Crippen LogP contribution in [0.2, 0.25) is 0 Å². The summed E-state index contributed by atoms with van der Waals surface area (Å²) in [6.45, 7) is 0. The molecule has 0 aliphatic carbocycles. The largest absolute Gasteiger partial charge is 0.481 e. The lowest BCUT2D eigenvalue weighted by Crippen LogP contribution is -1.97. The number of thioether (sulfide) groups is 1. The Morgan fingerprint density at radius 1 is 0.880 bits per heavy atom. The van der Waals surface area contributed by atoms with Crippen molar-refractivity contribution >= 4 is 17.7 Å². The van der Waals surface area contributed by atoms with Crippen LogP contribution in [-0.2, 0) is 4.79 Å². The van der Waals surface area contributed by atoms with Crippen molar-refractivity contribution in [3.8, 4) is 22.5 Å². The third kappa shape index (κ3) is 4.90. The lowest BCUT2D eigenvalue weighted by molar-refractivity contribution is -0.137. The van der Waals surface area contributed by atoms with E-state index < -0.39 is 5.97 Å². The number of carbonyl (C=O) groups is 1. The molecular weight excluding hydrogens is 332 g/mol. The Balaban J connectivity index is 1.90. The van der Waals surface area contributed by atoms with Gasteiger partial charge in [0, 0.05) is 23.3 Å². The molecule has 0 radical (unpaired) electrons. The molecule has 0 spiro atoms. The van der Waals surface area contributed by atoms with E-state index in [1.165, 1.54) is 11.8 Å². The highest BCUT2D eigenvalue weighted by atomic mass is 32.2. The number of hydrogen-bond donors (Lipinski definition) is 1. The molecule has 0 saturated carbocycles. The van der Waals surface area contributed by atoms with Crippen molar-refractivity contribution in [3.63, 3.8) is 0 Å². The van der Waals surface area contributed by atoms with Crippen molar-refractivity contribution in [2.24, 2.45) is 0 Å². The van der Waals surface area contributed by atoms with Crippen LogP contribution >= 0.6 is 11.8 Å². The number of benzene rings is 2. The van der Waals surface area contributed by atoms with Crippen molar-refractivity contribution in [2.75, 3.05) is 5.75 Å². The lowest BCUT2D eigenvalue weighted by Gasteiger charge is -2.08. The molecule has 0 aliphatic heterocycles. The molecule has 0 saturated heterocycles. The minimum atomic E-state index is -0.774. The van der Waals surface area contributed by atoms with Crippen LogP contribution < -0.4 is 0 Å². The minimum absolute atomic E-state index is 0.164. The third-order valence-electron chi connectivity index (χ3n) is 3.61. The second-order valence-corrected chi connectivity index (χ2v) is 6.56. The number of aromatic nitrogens is 2. The Hall–Kier alpha value is -2.66. The fourth-order valence-corrected chi connectivity index (χ4v) is 3.19. The van der Waals surface area contributed by atoms with Crippen molar-refractivity contribution in [1.82, 2.24) is 9.97 Å². The van der Waals surface area contributed by atoms with Gasteiger partial charge in [0.1, 0.15) is 0 Å². The lowest BCUT2D eigenvalue weighted by atomic mass is 10.1. The molecule has 2 aromatic carbocycles. The van der Waals surface area contributed by atoms with Gasteiger partial charge in [-0.05, 0) is 12.5 Å². The molecule has 1 aromatic heterocycles. The average molecular weight is 350 g/mol. The van der Waals surface area contributed by atoms with Crippen LogP contribution in [0.4, 0.5) is 0 Å². The van der Waals surface area contributed by atoms with Gasteiger partial charge in [0.2, 0.25) is 0 Å². The quantitative estimate of drug-likeness (QED) is 0.378. The first-order valence-electron chi connectivity index (χ1n) is 8.07. The van der Waals surface area contributed by atoms with Gasteiger partial charge in [-0.15, -0.1) is 0 Å². The van der Waals surface area contributed by atoms with Gasteiger partial charge in [-0.1, -0.05) is 72.4 Å². The van der Waals surface area contributed by atoms with E-state index in [1.807, 2.05) is 66.7 Å². The molecule has 0 fully saturated rings. The summed E-state index contributed by atoms with van der Waals surface area (Å²) in [5.41, 5.74) is 3.81. The number of aliphatic carboxylic acids is 1. The standard InChI is InChI=1S/C20H18N2O2S/c23-19(24)12-7-13-25-20-21-17(15-8-3-1-4-9-15)14-18(22-20)16-10-5-2-6-11-16/h1-6,8-11,14H,7,12-13H2,(H,23,24). The normalized spacial score (nSPS) is 10.6. The summed E-state index contributed by atoms with van der Waals surface area (Å²) in [7, 11) is 0. The summed E-state index contributed by atoms with van der Waals surface area (Å²) < 4.78 is 0. The van der Waals surface area contributed by atoms with Gasteiger partial charge in [-0.2, -0.15) is 0 Å². The number of carboxylic acids is 1. The summed E-state index contributed by atoms with van der Waals surface area (Å²) in [4.78, 5) is 19.9. The van der Waals surface area contributed by atoms with Crippen molar-refractivity contribution in [2.45, 2.75) is 18.0 Å². The van der Waals surface area contributed by atoms with E-state index in [2.05, 4.69) is 9.97 Å². The van der Waals surface area contributed by atoms with Gasteiger partial charge in [-0.3, -0.25) is 4.79 Å². The SMILES string of the molecule is O=C(O)CCCSc1nc(-c2ccccc2)cc(-c2ccccc2)n1.